The number of nitrogen functional groups attached to an aromatic ring is 2. The molecule has 13 heteroatoms. The van der Waals surface area contributed by atoms with Crippen LogP contribution in [0.4, 0.5) is 11.6 Å². The van der Waals surface area contributed by atoms with Gasteiger partial charge in [-0.05, 0) is 56.7 Å². The van der Waals surface area contributed by atoms with Crippen LogP contribution < -0.4 is 21.5 Å². The summed E-state index contributed by atoms with van der Waals surface area (Å²) in [6, 6.07) is 6.20. The zero-order chi connectivity index (χ0) is 27.8. The minimum Gasteiger partial charge on any atom is -0.383 e. The lowest BCUT2D eigenvalue weighted by atomic mass is 9.86. The molecule has 1 aliphatic carbocycles. The van der Waals surface area contributed by atoms with Crippen molar-refractivity contribution in [1.82, 2.24) is 24.9 Å². The Labute approximate surface area is 232 Å². The monoisotopic (exact) mass is 573 g/mol. The normalized spacial score (nSPS) is 20.4. The summed E-state index contributed by atoms with van der Waals surface area (Å²) in [5, 5.41) is 3.41. The molecular formula is C26H32ClN7O4S. The third-order valence-corrected chi connectivity index (χ3v) is 9.61. The van der Waals surface area contributed by atoms with Crippen molar-refractivity contribution in [2.24, 2.45) is 0 Å². The number of allylic oxidation sites excluding steroid dienone is 2. The van der Waals surface area contributed by atoms with Crippen LogP contribution in [0.3, 0.4) is 0 Å². The molecule has 0 bridgehead atoms. The second-order valence-corrected chi connectivity index (χ2v) is 12.6. The molecule has 1 aromatic carbocycles. The Balaban J connectivity index is 1.21. The van der Waals surface area contributed by atoms with Crippen molar-refractivity contribution in [3.63, 3.8) is 0 Å². The van der Waals surface area contributed by atoms with Gasteiger partial charge in [0.05, 0.1) is 4.90 Å². The number of hydrogen-bond donors (Lipinski definition) is 4. The van der Waals surface area contributed by atoms with E-state index in [1.54, 1.807) is 17.0 Å². The zero-order valence-electron chi connectivity index (χ0n) is 21.5. The average Bonchev–Trinajstić information content (AvgIpc) is 3.56. The lowest BCUT2D eigenvalue weighted by molar-refractivity contribution is 0.0659. The second-order valence-electron chi connectivity index (χ2n) is 10.5. The molecule has 5 rings (SSSR count). The SMILES string of the molecule is Nc1nc(N)c(C(=O)/C=C2\CCC3(CCN(C(=O)c4cccc(S(=O)(=O)NC5CCCC5)c4)CC3)N2)nc1Cl. The number of halogens is 1. The molecule has 3 aliphatic rings. The van der Waals surface area contributed by atoms with E-state index >= 15 is 0 Å². The molecule has 39 heavy (non-hydrogen) atoms. The van der Waals surface area contributed by atoms with E-state index in [0.29, 0.717) is 37.9 Å². The predicted octanol–water partition coefficient (Wildman–Crippen LogP) is 2.64. The van der Waals surface area contributed by atoms with E-state index in [1.165, 1.54) is 18.2 Å². The number of ketones is 1. The topological polar surface area (TPSA) is 173 Å². The number of carbonyl (C=O) groups is 2. The maximum absolute atomic E-state index is 13.3. The van der Waals surface area contributed by atoms with E-state index in [-0.39, 0.29) is 44.9 Å². The number of benzene rings is 1. The fraction of sp³-hybridized carbons (Fsp3) is 0.462. The molecular weight excluding hydrogens is 542 g/mol. The van der Waals surface area contributed by atoms with Crippen LogP contribution in [-0.4, -0.2) is 59.6 Å². The number of anilines is 2. The molecule has 1 amide bonds. The highest BCUT2D eigenvalue weighted by Gasteiger charge is 2.40. The summed E-state index contributed by atoms with van der Waals surface area (Å²) in [7, 11) is -3.69. The first-order chi connectivity index (χ1) is 18.6. The molecule has 1 saturated carbocycles. The van der Waals surface area contributed by atoms with Gasteiger partial charge in [0.2, 0.25) is 15.8 Å². The Morgan fingerprint density at radius 1 is 1.10 bits per heavy atom. The number of carbonyl (C=O) groups excluding carboxylic acids is 2. The fourth-order valence-corrected chi connectivity index (χ4v) is 7.10. The summed E-state index contributed by atoms with van der Waals surface area (Å²) < 4.78 is 28.5. The summed E-state index contributed by atoms with van der Waals surface area (Å²) in [6.07, 6.45) is 8.06. The highest BCUT2D eigenvalue weighted by atomic mass is 35.5. The summed E-state index contributed by atoms with van der Waals surface area (Å²) in [5.41, 5.74) is 12.2. The Morgan fingerprint density at radius 2 is 1.82 bits per heavy atom. The Bertz CT molecular complexity index is 1430. The third-order valence-electron chi connectivity index (χ3n) is 7.82. The number of rotatable bonds is 6. The van der Waals surface area contributed by atoms with Gasteiger partial charge < -0.3 is 21.7 Å². The summed E-state index contributed by atoms with van der Waals surface area (Å²) in [6.45, 7) is 1.02. The van der Waals surface area contributed by atoms with E-state index in [1.807, 2.05) is 0 Å². The predicted molar refractivity (Wildman–Crippen MR) is 148 cm³/mol. The zero-order valence-corrected chi connectivity index (χ0v) is 23.0. The van der Waals surface area contributed by atoms with Crippen LogP contribution in [-0.2, 0) is 10.0 Å². The van der Waals surface area contributed by atoms with Gasteiger partial charge in [0.15, 0.2) is 22.5 Å². The van der Waals surface area contributed by atoms with Crippen molar-refractivity contribution >= 4 is 45.0 Å². The molecule has 1 spiro atoms. The van der Waals surface area contributed by atoms with Crippen molar-refractivity contribution in [3.8, 4) is 0 Å². The van der Waals surface area contributed by atoms with E-state index in [2.05, 4.69) is 20.0 Å². The van der Waals surface area contributed by atoms with E-state index < -0.39 is 15.8 Å². The second kappa shape index (κ2) is 10.7. The lowest BCUT2D eigenvalue weighted by Gasteiger charge is -2.39. The number of amides is 1. The van der Waals surface area contributed by atoms with Gasteiger partial charge in [0, 0.05) is 42.0 Å². The molecule has 2 aromatic rings. The standard InChI is InChI=1S/C26H32ClN7O4S/c27-22-24(29)31-23(28)21(30-22)20(35)15-18-8-9-26(32-18)10-12-34(13-11-26)25(36)16-4-3-7-19(14-16)39(37,38)33-17-5-1-2-6-17/h3-4,7,14-15,17,32-33H,1-2,5-6,8-13H2,(H4,28,29,31)/b18-15+. The maximum Gasteiger partial charge on any atom is 0.253 e. The number of hydrogen-bond acceptors (Lipinski definition) is 9. The van der Waals surface area contributed by atoms with Crippen LogP contribution in [0.1, 0.15) is 72.2 Å². The molecule has 0 unspecified atom stereocenters. The van der Waals surface area contributed by atoms with Gasteiger partial charge in [-0.15, -0.1) is 0 Å². The van der Waals surface area contributed by atoms with Crippen molar-refractivity contribution in [1.29, 1.82) is 0 Å². The molecule has 6 N–H and O–H groups in total. The van der Waals surface area contributed by atoms with Crippen LogP contribution in [0, 0.1) is 0 Å². The number of nitrogens with zero attached hydrogens (tertiary/aromatic N) is 3. The molecule has 0 radical (unpaired) electrons. The Hall–Kier alpha value is -3.22. The Kier molecular flexibility index (Phi) is 7.53. The molecule has 11 nitrogen and oxygen atoms in total. The number of likely N-dealkylation sites (tertiary alicyclic amines) is 1. The molecule has 3 fully saturated rings. The molecule has 208 valence electrons. The third kappa shape index (κ3) is 5.87. The smallest absolute Gasteiger partial charge is 0.253 e. The number of aromatic nitrogens is 2. The first-order valence-corrected chi connectivity index (χ1v) is 14.9. The van der Waals surface area contributed by atoms with Gasteiger partial charge in [-0.1, -0.05) is 30.5 Å². The van der Waals surface area contributed by atoms with Gasteiger partial charge in [0.25, 0.3) is 5.91 Å². The fourth-order valence-electron chi connectivity index (χ4n) is 5.62. The molecule has 2 aliphatic heterocycles. The summed E-state index contributed by atoms with van der Waals surface area (Å²) in [5.74, 6) is -0.719. The van der Waals surface area contributed by atoms with E-state index in [0.717, 1.165) is 37.8 Å². The van der Waals surface area contributed by atoms with Crippen LogP contribution in [0.2, 0.25) is 5.15 Å². The maximum atomic E-state index is 13.3. The Morgan fingerprint density at radius 3 is 2.54 bits per heavy atom. The highest BCUT2D eigenvalue weighted by molar-refractivity contribution is 7.89. The van der Waals surface area contributed by atoms with Crippen molar-refractivity contribution < 1.29 is 18.0 Å². The molecule has 1 aromatic heterocycles. The van der Waals surface area contributed by atoms with Crippen LogP contribution in [0.15, 0.2) is 40.9 Å². The van der Waals surface area contributed by atoms with Gasteiger partial charge in [-0.25, -0.2) is 23.1 Å². The van der Waals surface area contributed by atoms with Crippen LogP contribution >= 0.6 is 11.6 Å². The van der Waals surface area contributed by atoms with Crippen molar-refractivity contribution in [2.75, 3.05) is 24.6 Å². The summed E-state index contributed by atoms with van der Waals surface area (Å²) >= 11 is 5.90. The quantitative estimate of drug-likeness (QED) is 0.299. The first-order valence-electron chi connectivity index (χ1n) is 13.1. The van der Waals surface area contributed by atoms with E-state index in [9.17, 15) is 18.0 Å². The summed E-state index contributed by atoms with van der Waals surface area (Å²) in [4.78, 5) is 35.7. The first kappa shape index (κ1) is 27.4. The van der Waals surface area contributed by atoms with Crippen LogP contribution in [0.25, 0.3) is 0 Å². The van der Waals surface area contributed by atoms with Gasteiger partial charge in [-0.3, -0.25) is 9.59 Å². The van der Waals surface area contributed by atoms with Crippen LogP contribution in [0.5, 0.6) is 0 Å². The number of nitrogens with one attached hydrogen (secondary N) is 2. The van der Waals surface area contributed by atoms with Gasteiger partial charge in [-0.2, -0.15) is 0 Å². The number of piperidine rings is 1. The molecule has 3 heterocycles. The number of nitrogens with two attached hydrogens (primary N) is 2. The van der Waals surface area contributed by atoms with E-state index in [4.69, 9.17) is 23.1 Å². The van der Waals surface area contributed by atoms with Gasteiger partial charge in [0.1, 0.15) is 0 Å². The van der Waals surface area contributed by atoms with Gasteiger partial charge >= 0.3 is 0 Å². The molecule has 2 saturated heterocycles. The average molecular weight is 574 g/mol. The minimum absolute atomic E-state index is 0.0355. The molecule has 0 atom stereocenters. The largest absolute Gasteiger partial charge is 0.383 e. The lowest BCUT2D eigenvalue weighted by Crippen LogP contribution is -2.51. The van der Waals surface area contributed by atoms with Crippen molar-refractivity contribution in [2.45, 2.75) is 67.8 Å². The highest BCUT2D eigenvalue weighted by Crippen LogP contribution is 2.35. The minimum atomic E-state index is -3.69. The number of sulfonamides is 1. The van der Waals surface area contributed by atoms with Crippen molar-refractivity contribution in [3.05, 3.63) is 52.4 Å².